The molecule has 2 nitrogen and oxygen atoms in total. The maximum atomic E-state index is 6.96. The van der Waals surface area contributed by atoms with E-state index in [0.717, 1.165) is 16.7 Å². The molecule has 5 aromatic carbocycles. The Hall–Kier alpha value is -5.34. The molecular formula is C41H29NO. The topological polar surface area (TPSA) is 25.2 Å². The van der Waals surface area contributed by atoms with Gasteiger partial charge in [0, 0.05) is 16.6 Å². The molecule has 1 unspecified atom stereocenters. The minimum atomic E-state index is -0.512. The van der Waals surface area contributed by atoms with Crippen LogP contribution in [0.5, 0.6) is 0 Å². The summed E-state index contributed by atoms with van der Waals surface area (Å²) in [5.41, 5.74) is 15.4. The van der Waals surface area contributed by atoms with Gasteiger partial charge in [0.1, 0.15) is 16.8 Å². The second kappa shape index (κ2) is 8.83. The summed E-state index contributed by atoms with van der Waals surface area (Å²) in [6.07, 6.45) is 10.5. The second-order valence-electron chi connectivity index (χ2n) is 11.7. The molecule has 9 rings (SSSR count). The first kappa shape index (κ1) is 24.3. The van der Waals surface area contributed by atoms with Crippen molar-refractivity contribution in [1.82, 2.24) is 0 Å². The third-order valence-electron chi connectivity index (χ3n) is 9.69. The lowest BCUT2D eigenvalue weighted by Gasteiger charge is -2.30. The molecule has 6 aromatic rings. The van der Waals surface area contributed by atoms with Crippen LogP contribution in [0.3, 0.4) is 0 Å². The van der Waals surface area contributed by atoms with Crippen molar-refractivity contribution in [3.8, 4) is 22.3 Å². The Morgan fingerprint density at radius 1 is 0.767 bits per heavy atom. The molecule has 0 radical (unpaired) electrons. The van der Waals surface area contributed by atoms with Gasteiger partial charge in [-0.2, -0.15) is 0 Å². The fourth-order valence-corrected chi connectivity index (χ4v) is 7.89. The largest absolute Gasteiger partial charge is 0.459 e. The van der Waals surface area contributed by atoms with Gasteiger partial charge in [0.15, 0.2) is 0 Å². The number of nitrogens with one attached hydrogen (secondary N) is 1. The van der Waals surface area contributed by atoms with Gasteiger partial charge in [-0.25, -0.2) is 0 Å². The highest BCUT2D eigenvalue weighted by Gasteiger charge is 2.55. The summed E-state index contributed by atoms with van der Waals surface area (Å²) in [6.45, 7) is 6.05. The molecular weight excluding hydrogens is 522 g/mol. The van der Waals surface area contributed by atoms with E-state index in [-0.39, 0.29) is 6.04 Å². The van der Waals surface area contributed by atoms with Crippen molar-refractivity contribution in [2.45, 2.75) is 18.4 Å². The van der Waals surface area contributed by atoms with Crippen LogP contribution in [0.15, 0.2) is 132 Å². The Kier molecular flexibility index (Phi) is 4.99. The number of rotatable bonds is 3. The Morgan fingerprint density at radius 3 is 2.28 bits per heavy atom. The molecule has 1 N–H and O–H groups in total. The van der Waals surface area contributed by atoms with Crippen LogP contribution in [-0.2, 0) is 5.41 Å². The lowest BCUT2D eigenvalue weighted by molar-refractivity contribution is 0.506. The zero-order chi connectivity index (χ0) is 28.7. The standard InChI is InChI=1S/C41H29NO/c1-3-4-12-26-21-22-27-23-24-35(42-39(27)25(26)2)30-16-11-19-34-37(30)38-31-15-7-10-20-36(31)43-40(38)41(34)32-17-8-5-13-28(32)29-14-6-9-18-33(29)41/h3-24,35,42H,1H2,2H3/b12-4-. The number of allylic oxidation sites excluding steroid dienone is 2. The zero-order valence-electron chi connectivity index (χ0n) is 23.9. The van der Waals surface area contributed by atoms with Crippen LogP contribution < -0.4 is 5.32 Å². The quantitative estimate of drug-likeness (QED) is 0.221. The van der Waals surface area contributed by atoms with Gasteiger partial charge < -0.3 is 9.73 Å². The average Bonchev–Trinajstić information content (AvgIpc) is 3.68. The summed E-state index contributed by atoms with van der Waals surface area (Å²) in [4.78, 5) is 0. The highest BCUT2D eigenvalue weighted by molar-refractivity contribution is 6.05. The predicted octanol–water partition coefficient (Wildman–Crippen LogP) is 10.5. The van der Waals surface area contributed by atoms with E-state index in [4.69, 9.17) is 4.42 Å². The number of hydrogen-bond acceptors (Lipinski definition) is 2. The number of fused-ring (bicyclic) bond motifs is 13. The lowest BCUT2D eigenvalue weighted by atomic mass is 9.73. The monoisotopic (exact) mass is 551 g/mol. The van der Waals surface area contributed by atoms with Crippen molar-refractivity contribution >= 4 is 28.8 Å². The van der Waals surface area contributed by atoms with E-state index < -0.39 is 5.41 Å². The van der Waals surface area contributed by atoms with E-state index in [1.165, 1.54) is 66.9 Å². The van der Waals surface area contributed by atoms with E-state index in [9.17, 15) is 0 Å². The summed E-state index contributed by atoms with van der Waals surface area (Å²) in [7, 11) is 0. The minimum absolute atomic E-state index is 0.00309. The normalized spacial score (nSPS) is 16.5. The van der Waals surface area contributed by atoms with Gasteiger partial charge in [0.25, 0.3) is 0 Å². The van der Waals surface area contributed by atoms with Crippen molar-refractivity contribution in [2.75, 3.05) is 5.32 Å². The van der Waals surface area contributed by atoms with E-state index in [1.54, 1.807) is 0 Å². The van der Waals surface area contributed by atoms with Crippen LogP contribution >= 0.6 is 0 Å². The molecule has 0 bridgehead atoms. The first-order chi connectivity index (χ1) is 21.2. The van der Waals surface area contributed by atoms with E-state index >= 15 is 0 Å². The Morgan fingerprint density at radius 2 is 1.49 bits per heavy atom. The number of benzene rings is 5. The van der Waals surface area contributed by atoms with Crippen LogP contribution in [0.4, 0.5) is 5.69 Å². The SMILES string of the molecule is C=C/C=C\c1ccc2c(c1C)NC(c1cccc3c1-c1c(oc4ccccc14)C31c3ccccc3-c3ccccc31)C=C2. The van der Waals surface area contributed by atoms with E-state index in [0.29, 0.717) is 0 Å². The van der Waals surface area contributed by atoms with Crippen molar-refractivity contribution < 1.29 is 4.42 Å². The molecule has 2 heteroatoms. The summed E-state index contributed by atoms with van der Waals surface area (Å²) in [5, 5.41) is 5.10. The van der Waals surface area contributed by atoms with Gasteiger partial charge >= 0.3 is 0 Å². The van der Waals surface area contributed by atoms with E-state index in [2.05, 4.69) is 140 Å². The second-order valence-corrected chi connectivity index (χ2v) is 11.7. The molecule has 3 aliphatic rings. The fourth-order valence-electron chi connectivity index (χ4n) is 7.89. The zero-order valence-corrected chi connectivity index (χ0v) is 23.9. The first-order valence-electron chi connectivity index (χ1n) is 14.9. The molecule has 2 aliphatic carbocycles. The van der Waals surface area contributed by atoms with Gasteiger partial charge in [-0.15, -0.1) is 0 Å². The van der Waals surface area contributed by atoms with Crippen LogP contribution in [0.1, 0.15) is 50.7 Å². The molecule has 0 saturated carbocycles. The molecule has 1 atom stereocenters. The molecule has 1 spiro atoms. The van der Waals surface area contributed by atoms with Crippen molar-refractivity contribution in [3.05, 3.63) is 173 Å². The van der Waals surface area contributed by atoms with Crippen molar-refractivity contribution in [1.29, 1.82) is 0 Å². The van der Waals surface area contributed by atoms with E-state index in [1.807, 2.05) is 12.2 Å². The molecule has 1 aliphatic heterocycles. The number of furan rings is 1. The third kappa shape index (κ3) is 3.08. The molecule has 204 valence electrons. The Labute approximate surface area is 251 Å². The molecule has 0 amide bonds. The highest BCUT2D eigenvalue weighted by Crippen LogP contribution is 2.65. The summed E-state index contributed by atoms with van der Waals surface area (Å²) >= 11 is 0. The van der Waals surface area contributed by atoms with Crippen molar-refractivity contribution in [2.24, 2.45) is 0 Å². The maximum absolute atomic E-state index is 6.96. The summed E-state index contributed by atoms with van der Waals surface area (Å²) in [6, 6.07) is 37.5. The summed E-state index contributed by atoms with van der Waals surface area (Å²) in [5.74, 6) is 1.03. The smallest absolute Gasteiger partial charge is 0.135 e. The molecule has 2 heterocycles. The molecule has 0 fully saturated rings. The minimum Gasteiger partial charge on any atom is -0.459 e. The van der Waals surface area contributed by atoms with Gasteiger partial charge in [-0.05, 0) is 68.6 Å². The van der Waals surface area contributed by atoms with Gasteiger partial charge in [0.2, 0.25) is 0 Å². The number of hydrogen-bond donors (Lipinski definition) is 1. The van der Waals surface area contributed by atoms with Gasteiger partial charge in [-0.1, -0.05) is 134 Å². The fraction of sp³-hybridized carbons (Fsp3) is 0.0732. The first-order valence-corrected chi connectivity index (χ1v) is 14.9. The number of para-hydroxylation sites is 1. The Balaban J connectivity index is 1.33. The lowest BCUT2D eigenvalue weighted by Crippen LogP contribution is -2.25. The van der Waals surface area contributed by atoms with Crippen molar-refractivity contribution in [3.63, 3.8) is 0 Å². The molecule has 1 aromatic heterocycles. The van der Waals surface area contributed by atoms with Crippen LogP contribution in [0.25, 0.3) is 45.4 Å². The van der Waals surface area contributed by atoms with Crippen LogP contribution in [-0.4, -0.2) is 0 Å². The molecule has 43 heavy (non-hydrogen) atoms. The highest BCUT2D eigenvalue weighted by atomic mass is 16.3. The maximum Gasteiger partial charge on any atom is 0.135 e. The number of anilines is 1. The van der Waals surface area contributed by atoms with Crippen LogP contribution in [0.2, 0.25) is 0 Å². The van der Waals surface area contributed by atoms with Gasteiger partial charge in [0.05, 0.1) is 6.04 Å². The molecule has 0 saturated heterocycles. The average molecular weight is 552 g/mol. The summed E-state index contributed by atoms with van der Waals surface area (Å²) < 4.78 is 6.96. The van der Waals surface area contributed by atoms with Gasteiger partial charge in [-0.3, -0.25) is 0 Å². The Bertz CT molecular complexity index is 2160. The predicted molar refractivity (Wildman–Crippen MR) is 178 cm³/mol. The third-order valence-corrected chi connectivity index (χ3v) is 9.69. The van der Waals surface area contributed by atoms with Crippen LogP contribution in [0, 0.1) is 6.92 Å².